The summed E-state index contributed by atoms with van der Waals surface area (Å²) < 4.78 is 11.8. The monoisotopic (exact) mass is 2070 g/mol. The summed E-state index contributed by atoms with van der Waals surface area (Å²) in [6.45, 7) is 20.5. The highest BCUT2D eigenvalue weighted by Gasteiger charge is 2.37. The molecule has 10 aliphatic rings. The van der Waals surface area contributed by atoms with Gasteiger partial charge in [0.05, 0.1) is 119 Å². The highest BCUT2D eigenvalue weighted by Crippen LogP contribution is 2.34. The predicted octanol–water partition coefficient (Wildman–Crippen LogP) is 11.1. The van der Waals surface area contributed by atoms with Gasteiger partial charge in [0, 0.05) is 189 Å². The van der Waals surface area contributed by atoms with E-state index in [1.807, 2.05) is 114 Å². The molecular formula is C94H92Br3Cl2N39. The lowest BCUT2D eigenvalue weighted by atomic mass is 9.91. The van der Waals surface area contributed by atoms with Gasteiger partial charge in [-0.1, -0.05) is 53.6 Å². The number of piperazine rings is 4. The lowest BCUT2D eigenvalue weighted by molar-refractivity contribution is 0.363. The number of aliphatic imine (C=N–C) groups is 5. The van der Waals surface area contributed by atoms with E-state index >= 15 is 0 Å². The molecule has 25 heterocycles. The molecule has 25 rings (SSSR count). The molecule has 8 atom stereocenters. The fraction of sp³-hybridized carbons (Fsp3) is 0.309. The minimum atomic E-state index is 0.212. The van der Waals surface area contributed by atoms with Gasteiger partial charge >= 0.3 is 0 Å². The molecule has 0 radical (unpaired) electrons. The van der Waals surface area contributed by atoms with Crippen molar-refractivity contribution in [1.82, 2.24) is 143 Å². The van der Waals surface area contributed by atoms with Gasteiger partial charge < -0.3 is 45.8 Å². The lowest BCUT2D eigenvalue weighted by Crippen LogP contribution is -2.61. The van der Waals surface area contributed by atoms with Crippen LogP contribution in [0.1, 0.15) is 33.6 Å². The van der Waals surface area contributed by atoms with Crippen molar-refractivity contribution in [3.8, 4) is 57.6 Å². The summed E-state index contributed by atoms with van der Waals surface area (Å²) in [5.74, 6) is 8.30. The van der Waals surface area contributed by atoms with E-state index in [0.29, 0.717) is 62.7 Å². The zero-order valence-electron chi connectivity index (χ0n) is 75.1. The zero-order chi connectivity index (χ0) is 93.7. The number of piperidine rings is 1. The van der Waals surface area contributed by atoms with E-state index in [-0.39, 0.29) is 36.3 Å². The third kappa shape index (κ3) is 19.9. The number of rotatable bonds is 15. The largest absolute Gasteiger partial charge is 0.356 e. The first-order valence-electron chi connectivity index (χ1n) is 45.5. The number of nitrogens with one attached hydrogen (secondary N) is 4. The molecule has 15 aromatic heterocycles. The fourth-order valence-electron chi connectivity index (χ4n) is 18.6. The van der Waals surface area contributed by atoms with E-state index in [9.17, 15) is 0 Å². The number of nitrogens with zero attached hydrogens (tertiary/aromatic N) is 35. The summed E-state index contributed by atoms with van der Waals surface area (Å²) >= 11 is 22.3. The Kier molecular flexibility index (Phi) is 27.0. The number of hydrogen-bond donors (Lipinski definition) is 4. The molecule has 10 aliphatic heterocycles. The first-order valence-corrected chi connectivity index (χ1v) is 48.6. The molecule has 15 aromatic rings. The highest BCUT2D eigenvalue weighted by molar-refractivity contribution is 9.11. The molecule has 8 unspecified atom stereocenters. The molecule has 5 fully saturated rings. The van der Waals surface area contributed by atoms with Crippen molar-refractivity contribution in [2.45, 2.75) is 75.9 Å². The summed E-state index contributed by atoms with van der Waals surface area (Å²) in [5.41, 5.74) is 14.2. The number of anilines is 5. The molecule has 698 valence electrons. The van der Waals surface area contributed by atoms with E-state index in [4.69, 9.17) is 48.1 Å². The summed E-state index contributed by atoms with van der Waals surface area (Å²) in [6.07, 6.45) is 58.6. The summed E-state index contributed by atoms with van der Waals surface area (Å²) in [7, 11) is 0. The number of aromatic nitrogens is 25. The molecule has 4 N–H and O–H groups in total. The average Bonchev–Trinajstić information content (AvgIpc) is 1.77. The van der Waals surface area contributed by atoms with E-state index < -0.39 is 0 Å². The van der Waals surface area contributed by atoms with Crippen LogP contribution in [0.3, 0.4) is 0 Å². The van der Waals surface area contributed by atoms with Crippen molar-refractivity contribution in [2.75, 3.05) is 129 Å². The molecular weight excluding hydrogens is 1990 g/mol. The normalized spacial score (nSPS) is 21.1. The number of imidazole rings is 5. The number of fused-ring (bicyclic) bond motifs is 5. The molecule has 0 spiro atoms. The van der Waals surface area contributed by atoms with Gasteiger partial charge in [-0.2, -0.15) is 0 Å². The Morgan fingerprint density at radius 2 is 0.667 bits per heavy atom. The van der Waals surface area contributed by atoms with E-state index in [1.54, 1.807) is 93.0 Å². The van der Waals surface area contributed by atoms with Gasteiger partial charge in [-0.25, -0.2) is 99.7 Å². The lowest BCUT2D eigenvalue weighted by Gasteiger charge is -2.44. The van der Waals surface area contributed by atoms with Crippen LogP contribution in [0.4, 0.5) is 29.1 Å². The molecule has 5 saturated heterocycles. The van der Waals surface area contributed by atoms with Gasteiger partial charge in [-0.05, 0) is 140 Å². The van der Waals surface area contributed by atoms with Gasteiger partial charge in [0.1, 0.15) is 81.7 Å². The standard InChI is InChI=1S/C20H21ClN8.C19H19BrN8.C19H18BrN7.C18H17BrN8.C18H17ClN8/c1-12-10-28(13(2)19(26-12)14-3-5-22-7-14)17-4-6-23-20(27-17)15-8-25-18-9-24-16(21)11-29(15)18;1-12-18(13-2-4-21-8-13)22-6-7-27(12)16-3-5-23-19(26-16)14-9-25-17-10-24-15(20)11-28(14)17;20-16-12-27-15(9-24-18(27)10-23-16)19-22-6-4-17(25-19)26-7-1-2-14(11-26)13-3-5-21-8-13;2*19-15-11-27-14(8-24-17(27)9-23-15)18-22-4-2-16(25-18)26-6-5-21-13(10-26)12-1-3-20-7-12/h3-4,6-9,11-13,19,26H,5,10H2,1-2H3;2-3,5,8-12,18,22H,4,6-7H2,1H3;3-4,6,8-10,12,14H,1-2,5,7,11H2;2*1-2,4,7-9,11,13,21H,3,5-6,10H2. The Hall–Kier alpha value is -13.6. The quantitative estimate of drug-likeness (QED) is 0.0740. The van der Waals surface area contributed by atoms with Gasteiger partial charge in [0.15, 0.2) is 57.4 Å². The molecule has 44 heteroatoms. The highest BCUT2D eigenvalue weighted by atomic mass is 79.9. The van der Waals surface area contributed by atoms with E-state index in [0.717, 1.165) is 199 Å². The van der Waals surface area contributed by atoms with Gasteiger partial charge in [0.2, 0.25) is 0 Å². The molecule has 39 nitrogen and oxygen atoms in total. The van der Waals surface area contributed by atoms with Crippen molar-refractivity contribution < 1.29 is 0 Å². The smallest absolute Gasteiger partial charge is 0.180 e. The van der Waals surface area contributed by atoms with Gasteiger partial charge in [-0.3, -0.25) is 47.0 Å². The molecule has 0 aliphatic carbocycles. The van der Waals surface area contributed by atoms with Crippen LogP contribution in [0.15, 0.2) is 251 Å². The first kappa shape index (κ1) is 90.9. The SMILES string of the molecule is Brc1cn2c(-c3nccc(N4CCCC(C5=CCN=C5)C4)n3)cnc2cn1.Brc1cn2c(-c3nccc(N4CCNC(C5=CCN=C5)C4)n3)cnc2cn1.CC1C(C2=CCN=C2)NCCN1c1ccnc(-c2cnc3cnc(Br)cn23)n1.CC1CN(c2ccnc(-c3cnc4cnc(Cl)cn34)n2)C(C)C(C2=CCN=C2)N1.Clc1cn2c(-c3nccc(N4CCNC(C5=CCN=C5)C4)n3)cnc2cn1. The molecule has 0 aromatic carbocycles. The van der Waals surface area contributed by atoms with Crippen LogP contribution >= 0.6 is 71.0 Å². The maximum absolute atomic E-state index is 6.07. The van der Waals surface area contributed by atoms with E-state index in [2.05, 4.69) is 244 Å². The van der Waals surface area contributed by atoms with Crippen LogP contribution in [-0.4, -0.2) is 300 Å². The number of halogens is 5. The third-order valence-corrected chi connectivity index (χ3v) is 27.1. The summed E-state index contributed by atoms with van der Waals surface area (Å²) in [5, 5.41) is 15.2. The molecule has 138 heavy (non-hydrogen) atoms. The maximum Gasteiger partial charge on any atom is 0.180 e. The summed E-state index contributed by atoms with van der Waals surface area (Å²) in [4.78, 5) is 123. The Labute approximate surface area is 826 Å². The van der Waals surface area contributed by atoms with Crippen molar-refractivity contribution in [1.29, 1.82) is 0 Å². The summed E-state index contributed by atoms with van der Waals surface area (Å²) in [6, 6.07) is 11.6. The van der Waals surface area contributed by atoms with Crippen LogP contribution in [0.5, 0.6) is 0 Å². The first-order chi connectivity index (χ1) is 67.6. The number of hydrogen-bond acceptors (Lipinski definition) is 34. The second-order valence-corrected chi connectivity index (χ2v) is 37.3. The molecule has 0 amide bonds. The van der Waals surface area contributed by atoms with Crippen molar-refractivity contribution in [3.63, 3.8) is 0 Å². The van der Waals surface area contributed by atoms with Gasteiger partial charge in [-0.15, -0.1) is 0 Å². The average molecular weight is 2080 g/mol. The van der Waals surface area contributed by atoms with E-state index in [1.165, 1.54) is 34.3 Å². The van der Waals surface area contributed by atoms with Crippen molar-refractivity contribution >= 4 is 159 Å². The predicted molar refractivity (Wildman–Crippen MR) is 545 cm³/mol. The second-order valence-electron chi connectivity index (χ2n) is 34.1. The Balaban J connectivity index is 0.000000103. The molecule has 0 bridgehead atoms. The van der Waals surface area contributed by atoms with Crippen LogP contribution in [0.2, 0.25) is 10.3 Å². The van der Waals surface area contributed by atoms with Crippen LogP contribution in [0.25, 0.3) is 85.8 Å². The maximum atomic E-state index is 6.07. The topological polar surface area (TPSA) is 406 Å². The molecule has 0 saturated carbocycles. The van der Waals surface area contributed by atoms with Gasteiger partial charge in [0.25, 0.3) is 0 Å². The van der Waals surface area contributed by atoms with Crippen LogP contribution < -0.4 is 45.8 Å². The minimum Gasteiger partial charge on any atom is -0.356 e. The van der Waals surface area contributed by atoms with Crippen LogP contribution in [-0.2, 0) is 0 Å². The Morgan fingerprint density at radius 1 is 0.326 bits per heavy atom. The minimum absolute atomic E-state index is 0.212. The fourth-order valence-corrected chi connectivity index (χ4v) is 19.8. The Morgan fingerprint density at radius 3 is 1.07 bits per heavy atom. The van der Waals surface area contributed by atoms with Crippen molar-refractivity contribution in [3.05, 3.63) is 237 Å². The zero-order valence-corrected chi connectivity index (χ0v) is 81.4. The Bertz CT molecular complexity index is 6970. The van der Waals surface area contributed by atoms with Crippen molar-refractivity contribution in [2.24, 2.45) is 30.9 Å². The third-order valence-electron chi connectivity index (χ3n) is 25.5. The second kappa shape index (κ2) is 41.0. The van der Waals surface area contributed by atoms with Crippen LogP contribution in [0, 0.1) is 5.92 Å².